The largest absolute Gasteiger partial charge is 0.384 e. The number of aryl methyl sites for hydroxylation is 1. The Kier molecular flexibility index (Phi) is 3.88. The molecule has 2 heterocycles. The van der Waals surface area contributed by atoms with E-state index >= 15 is 0 Å². The van der Waals surface area contributed by atoms with Gasteiger partial charge in [0.05, 0.1) is 0 Å². The molecule has 16 heavy (non-hydrogen) atoms. The molecule has 3 N–H and O–H groups in total. The number of aromatic nitrogens is 2. The highest BCUT2D eigenvalue weighted by molar-refractivity contribution is 8.00. The zero-order valence-corrected chi connectivity index (χ0v) is 10.4. The van der Waals surface area contributed by atoms with E-state index in [1.54, 1.807) is 6.07 Å². The van der Waals surface area contributed by atoms with Gasteiger partial charge in [0.15, 0.2) is 0 Å². The minimum absolute atomic E-state index is 0.549. The van der Waals surface area contributed by atoms with Gasteiger partial charge in [-0.05, 0) is 18.6 Å². The van der Waals surface area contributed by atoms with Crippen LogP contribution in [0.25, 0.3) is 0 Å². The van der Waals surface area contributed by atoms with Gasteiger partial charge in [-0.2, -0.15) is 11.8 Å². The van der Waals surface area contributed by atoms with Crippen molar-refractivity contribution in [3.63, 3.8) is 0 Å². The SMILES string of the molecule is CCc1nc(N)cc(NCC2CCCS2)n1. The van der Waals surface area contributed by atoms with Gasteiger partial charge in [0, 0.05) is 24.3 Å². The molecule has 5 heteroatoms. The molecule has 0 amide bonds. The summed E-state index contributed by atoms with van der Waals surface area (Å²) in [5, 5.41) is 4.07. The van der Waals surface area contributed by atoms with Gasteiger partial charge < -0.3 is 11.1 Å². The number of nitrogens with two attached hydrogens (primary N) is 1. The Bertz CT molecular complexity index is 350. The second kappa shape index (κ2) is 5.39. The minimum Gasteiger partial charge on any atom is -0.384 e. The predicted molar refractivity (Wildman–Crippen MR) is 69.8 cm³/mol. The third kappa shape index (κ3) is 3.01. The summed E-state index contributed by atoms with van der Waals surface area (Å²) >= 11 is 2.04. The standard InChI is InChI=1S/C11H18N4S/c1-2-10-14-9(12)6-11(15-10)13-7-8-4-3-5-16-8/h6,8H,2-5,7H2,1H3,(H3,12,13,14,15). The van der Waals surface area contributed by atoms with Crippen molar-refractivity contribution >= 4 is 23.4 Å². The van der Waals surface area contributed by atoms with Crippen LogP contribution in [0.1, 0.15) is 25.6 Å². The summed E-state index contributed by atoms with van der Waals surface area (Å²) in [4.78, 5) is 8.56. The van der Waals surface area contributed by atoms with Crippen molar-refractivity contribution < 1.29 is 0 Å². The van der Waals surface area contributed by atoms with Gasteiger partial charge in [-0.1, -0.05) is 6.92 Å². The van der Waals surface area contributed by atoms with Crippen LogP contribution in [0.4, 0.5) is 11.6 Å². The van der Waals surface area contributed by atoms with Crippen molar-refractivity contribution in [1.82, 2.24) is 9.97 Å². The first-order valence-electron chi connectivity index (χ1n) is 5.77. The molecule has 0 spiro atoms. The predicted octanol–water partition coefficient (Wildman–Crippen LogP) is 1.93. The number of hydrogen-bond acceptors (Lipinski definition) is 5. The maximum absolute atomic E-state index is 5.72. The molecule has 1 aliphatic rings. The molecule has 1 atom stereocenters. The fourth-order valence-electron chi connectivity index (χ4n) is 1.79. The molecule has 0 aromatic carbocycles. The van der Waals surface area contributed by atoms with E-state index < -0.39 is 0 Å². The van der Waals surface area contributed by atoms with Gasteiger partial charge in [0.2, 0.25) is 0 Å². The first-order chi connectivity index (χ1) is 7.78. The van der Waals surface area contributed by atoms with Crippen LogP contribution in [0.3, 0.4) is 0 Å². The lowest BCUT2D eigenvalue weighted by atomic mass is 10.2. The number of nitrogen functional groups attached to an aromatic ring is 1. The highest BCUT2D eigenvalue weighted by Gasteiger charge is 2.15. The number of hydrogen-bond donors (Lipinski definition) is 2. The van der Waals surface area contributed by atoms with Crippen LogP contribution in [-0.2, 0) is 6.42 Å². The summed E-state index contributed by atoms with van der Waals surface area (Å²) in [5.41, 5.74) is 5.72. The second-order valence-electron chi connectivity index (χ2n) is 3.96. The van der Waals surface area contributed by atoms with Gasteiger partial charge in [-0.15, -0.1) is 0 Å². The molecule has 2 rings (SSSR count). The van der Waals surface area contributed by atoms with Crippen LogP contribution < -0.4 is 11.1 Å². The van der Waals surface area contributed by atoms with Crippen LogP contribution in [0.2, 0.25) is 0 Å². The van der Waals surface area contributed by atoms with E-state index in [0.717, 1.165) is 29.9 Å². The lowest BCUT2D eigenvalue weighted by Crippen LogP contribution is -2.15. The molecule has 0 bridgehead atoms. The van der Waals surface area contributed by atoms with Crippen molar-refractivity contribution in [2.75, 3.05) is 23.3 Å². The third-order valence-electron chi connectivity index (χ3n) is 2.64. The van der Waals surface area contributed by atoms with Gasteiger partial charge >= 0.3 is 0 Å². The quantitative estimate of drug-likeness (QED) is 0.839. The minimum atomic E-state index is 0.549. The summed E-state index contributed by atoms with van der Waals surface area (Å²) in [6.07, 6.45) is 3.46. The molecule has 1 unspecified atom stereocenters. The molecule has 1 aromatic rings. The highest BCUT2D eigenvalue weighted by atomic mass is 32.2. The Labute approximate surface area is 100 Å². The van der Waals surface area contributed by atoms with Gasteiger partial charge in [-0.3, -0.25) is 0 Å². The molecule has 4 nitrogen and oxygen atoms in total. The topological polar surface area (TPSA) is 63.8 Å². The third-order valence-corrected chi connectivity index (χ3v) is 4.04. The Balaban J connectivity index is 1.94. The first kappa shape index (κ1) is 11.5. The zero-order chi connectivity index (χ0) is 11.4. The molecule has 0 radical (unpaired) electrons. The summed E-state index contributed by atoms with van der Waals surface area (Å²) in [5.74, 6) is 3.50. The van der Waals surface area contributed by atoms with Gasteiger partial charge in [-0.25, -0.2) is 9.97 Å². The summed E-state index contributed by atoms with van der Waals surface area (Å²) in [6.45, 7) is 3.01. The molecule has 0 aliphatic carbocycles. The molecule has 1 aromatic heterocycles. The Hall–Kier alpha value is -0.970. The number of anilines is 2. The van der Waals surface area contributed by atoms with Crippen molar-refractivity contribution in [1.29, 1.82) is 0 Å². The number of nitrogens with one attached hydrogen (secondary N) is 1. The van der Waals surface area contributed by atoms with E-state index in [4.69, 9.17) is 5.73 Å². The maximum atomic E-state index is 5.72. The van der Waals surface area contributed by atoms with Gasteiger partial charge in [0.1, 0.15) is 17.5 Å². The molecule has 1 fully saturated rings. The number of rotatable bonds is 4. The van der Waals surface area contributed by atoms with Crippen LogP contribution in [0.5, 0.6) is 0 Å². The fraction of sp³-hybridized carbons (Fsp3) is 0.636. The molecule has 1 aliphatic heterocycles. The summed E-state index contributed by atoms with van der Waals surface area (Å²) < 4.78 is 0. The lowest BCUT2D eigenvalue weighted by molar-refractivity contribution is 0.801. The monoisotopic (exact) mass is 238 g/mol. The number of nitrogens with zero attached hydrogens (tertiary/aromatic N) is 2. The normalized spacial score (nSPS) is 19.9. The summed E-state index contributed by atoms with van der Waals surface area (Å²) in [7, 11) is 0. The molecule has 0 saturated carbocycles. The molecule has 1 saturated heterocycles. The molecule has 88 valence electrons. The Morgan fingerprint density at radius 1 is 1.56 bits per heavy atom. The van der Waals surface area contributed by atoms with Crippen molar-refractivity contribution in [2.24, 2.45) is 0 Å². The average Bonchev–Trinajstić information content (AvgIpc) is 2.78. The smallest absolute Gasteiger partial charge is 0.132 e. The Morgan fingerprint density at radius 3 is 3.12 bits per heavy atom. The van der Waals surface area contributed by atoms with Crippen LogP contribution in [0, 0.1) is 0 Å². The molecular formula is C11H18N4S. The maximum Gasteiger partial charge on any atom is 0.132 e. The van der Waals surface area contributed by atoms with Crippen LogP contribution in [-0.4, -0.2) is 27.5 Å². The van der Waals surface area contributed by atoms with E-state index in [1.165, 1.54) is 18.6 Å². The van der Waals surface area contributed by atoms with E-state index in [1.807, 2.05) is 18.7 Å². The zero-order valence-electron chi connectivity index (χ0n) is 9.57. The van der Waals surface area contributed by atoms with Crippen LogP contribution >= 0.6 is 11.8 Å². The van der Waals surface area contributed by atoms with Gasteiger partial charge in [0.25, 0.3) is 0 Å². The fourth-order valence-corrected chi connectivity index (χ4v) is 2.99. The van der Waals surface area contributed by atoms with E-state index in [9.17, 15) is 0 Å². The van der Waals surface area contributed by atoms with E-state index in [-0.39, 0.29) is 0 Å². The van der Waals surface area contributed by atoms with Crippen molar-refractivity contribution in [3.8, 4) is 0 Å². The first-order valence-corrected chi connectivity index (χ1v) is 6.81. The number of thioether (sulfide) groups is 1. The average molecular weight is 238 g/mol. The van der Waals surface area contributed by atoms with E-state index in [2.05, 4.69) is 15.3 Å². The van der Waals surface area contributed by atoms with Crippen molar-refractivity contribution in [3.05, 3.63) is 11.9 Å². The molecular weight excluding hydrogens is 220 g/mol. The van der Waals surface area contributed by atoms with Crippen LogP contribution in [0.15, 0.2) is 6.07 Å². The summed E-state index contributed by atoms with van der Waals surface area (Å²) in [6, 6.07) is 1.80. The lowest BCUT2D eigenvalue weighted by Gasteiger charge is -2.11. The highest BCUT2D eigenvalue weighted by Crippen LogP contribution is 2.26. The van der Waals surface area contributed by atoms with E-state index in [0.29, 0.717) is 5.82 Å². The Morgan fingerprint density at radius 2 is 2.44 bits per heavy atom. The second-order valence-corrected chi connectivity index (χ2v) is 5.37. The van der Waals surface area contributed by atoms with Crippen molar-refractivity contribution in [2.45, 2.75) is 31.4 Å².